The minimum Gasteiger partial charge on any atom is -0.449 e. The van der Waals surface area contributed by atoms with Crippen molar-refractivity contribution in [2.75, 3.05) is 13.2 Å². The Hall–Kier alpha value is -2.40. The third-order valence-corrected chi connectivity index (χ3v) is 5.04. The molecule has 0 heterocycles. The summed E-state index contributed by atoms with van der Waals surface area (Å²) in [6, 6.07) is 16.6. The number of thiocarbonyl (C=S) groups is 1. The molecule has 2 aromatic rings. The second kappa shape index (κ2) is 9.00. The van der Waals surface area contributed by atoms with Gasteiger partial charge in [-0.05, 0) is 34.6 Å². The zero-order valence-electron chi connectivity index (χ0n) is 15.8. The van der Waals surface area contributed by atoms with E-state index in [0.29, 0.717) is 19.1 Å². The van der Waals surface area contributed by atoms with Crippen molar-refractivity contribution in [1.29, 1.82) is 0 Å². The Balaban J connectivity index is 1.65. The van der Waals surface area contributed by atoms with E-state index in [0.717, 1.165) is 6.42 Å². The number of benzene rings is 2. The van der Waals surface area contributed by atoms with Crippen LogP contribution in [0.25, 0.3) is 11.1 Å². The second-order valence-corrected chi connectivity index (χ2v) is 7.56. The lowest BCUT2D eigenvalue weighted by atomic mass is 9.98. The van der Waals surface area contributed by atoms with Crippen LogP contribution in [0.3, 0.4) is 0 Å². The normalized spacial score (nSPS) is 13.6. The topological polar surface area (TPSA) is 50.4 Å². The van der Waals surface area contributed by atoms with Gasteiger partial charge in [-0.25, -0.2) is 4.79 Å². The van der Waals surface area contributed by atoms with Crippen LogP contribution in [0.2, 0.25) is 0 Å². The van der Waals surface area contributed by atoms with Crippen LogP contribution in [0.15, 0.2) is 48.5 Å². The number of hydrogen-bond acceptors (Lipinski definition) is 3. The van der Waals surface area contributed by atoms with Gasteiger partial charge in [-0.15, -0.1) is 0 Å². The second-order valence-electron chi connectivity index (χ2n) is 7.32. The Bertz CT molecular complexity index is 761. The lowest BCUT2D eigenvalue weighted by molar-refractivity contribution is 0.138. The Labute approximate surface area is 166 Å². The number of carbonyl (C=O) groups is 1. The van der Waals surface area contributed by atoms with E-state index >= 15 is 0 Å². The SMILES string of the molecule is CC(C)C[C@@H](CNC=S)NC(=O)OCC1c2ccccc2-c2ccccc21. The van der Waals surface area contributed by atoms with Crippen LogP contribution in [0.4, 0.5) is 4.79 Å². The van der Waals surface area contributed by atoms with Gasteiger partial charge in [0.15, 0.2) is 0 Å². The average Bonchev–Trinajstić information content (AvgIpc) is 2.98. The highest BCUT2D eigenvalue weighted by Crippen LogP contribution is 2.44. The van der Waals surface area contributed by atoms with Crippen molar-refractivity contribution in [3.63, 3.8) is 0 Å². The van der Waals surface area contributed by atoms with Crippen molar-refractivity contribution >= 4 is 23.8 Å². The molecule has 0 bridgehead atoms. The zero-order valence-corrected chi connectivity index (χ0v) is 16.6. The molecule has 0 spiro atoms. The number of alkyl carbamates (subject to hydrolysis) is 1. The summed E-state index contributed by atoms with van der Waals surface area (Å²) in [7, 11) is 0. The Morgan fingerprint density at radius 1 is 1.11 bits per heavy atom. The molecule has 142 valence electrons. The first-order valence-electron chi connectivity index (χ1n) is 9.38. The smallest absolute Gasteiger partial charge is 0.407 e. The predicted octanol–water partition coefficient (Wildman–Crippen LogP) is 4.49. The third kappa shape index (κ3) is 4.66. The highest BCUT2D eigenvalue weighted by molar-refractivity contribution is 7.78. The van der Waals surface area contributed by atoms with Gasteiger partial charge in [-0.1, -0.05) is 74.6 Å². The Morgan fingerprint density at radius 2 is 1.70 bits per heavy atom. The van der Waals surface area contributed by atoms with E-state index in [1.165, 1.54) is 27.7 Å². The van der Waals surface area contributed by atoms with E-state index in [1.807, 2.05) is 24.3 Å². The largest absolute Gasteiger partial charge is 0.449 e. The first-order chi connectivity index (χ1) is 13.1. The number of amides is 1. The van der Waals surface area contributed by atoms with Gasteiger partial charge >= 0.3 is 6.09 Å². The molecule has 0 aromatic heterocycles. The maximum Gasteiger partial charge on any atom is 0.407 e. The molecule has 1 amide bonds. The lowest BCUT2D eigenvalue weighted by Gasteiger charge is -2.21. The van der Waals surface area contributed by atoms with Gasteiger partial charge in [0.25, 0.3) is 0 Å². The molecule has 1 atom stereocenters. The summed E-state index contributed by atoms with van der Waals surface area (Å²) in [6.07, 6.45) is 0.481. The average molecular weight is 383 g/mol. The molecule has 5 heteroatoms. The van der Waals surface area contributed by atoms with Crippen molar-refractivity contribution in [1.82, 2.24) is 10.6 Å². The molecule has 0 unspecified atom stereocenters. The van der Waals surface area contributed by atoms with Gasteiger partial charge in [0.2, 0.25) is 0 Å². The van der Waals surface area contributed by atoms with Crippen molar-refractivity contribution in [2.45, 2.75) is 32.2 Å². The third-order valence-electron chi connectivity index (χ3n) is 4.87. The maximum atomic E-state index is 12.4. The van der Waals surface area contributed by atoms with Crippen molar-refractivity contribution in [2.24, 2.45) is 5.92 Å². The maximum absolute atomic E-state index is 12.4. The number of ether oxygens (including phenoxy) is 1. The quantitative estimate of drug-likeness (QED) is 0.661. The Morgan fingerprint density at radius 3 is 2.26 bits per heavy atom. The van der Waals surface area contributed by atoms with E-state index in [-0.39, 0.29) is 18.1 Å². The van der Waals surface area contributed by atoms with Crippen molar-refractivity contribution in [3.05, 3.63) is 59.7 Å². The summed E-state index contributed by atoms with van der Waals surface area (Å²) in [6.45, 7) is 5.19. The Kier molecular flexibility index (Phi) is 6.45. The molecule has 3 rings (SSSR count). The van der Waals surface area contributed by atoms with Gasteiger partial charge in [0, 0.05) is 18.5 Å². The van der Waals surface area contributed by atoms with Crippen LogP contribution in [-0.2, 0) is 4.74 Å². The fourth-order valence-corrected chi connectivity index (χ4v) is 3.86. The number of carbonyl (C=O) groups excluding carboxylic acids is 1. The molecule has 0 radical (unpaired) electrons. The van der Waals surface area contributed by atoms with E-state index in [1.54, 1.807) is 0 Å². The summed E-state index contributed by atoms with van der Waals surface area (Å²) in [4.78, 5) is 12.4. The van der Waals surface area contributed by atoms with Crippen LogP contribution in [0, 0.1) is 5.92 Å². The first-order valence-corrected chi connectivity index (χ1v) is 9.85. The van der Waals surface area contributed by atoms with Gasteiger partial charge in [-0.2, -0.15) is 0 Å². The molecule has 1 aliphatic rings. The summed E-state index contributed by atoms with van der Waals surface area (Å²) >= 11 is 4.82. The summed E-state index contributed by atoms with van der Waals surface area (Å²) in [5.41, 5.74) is 6.36. The van der Waals surface area contributed by atoms with Crippen LogP contribution in [-0.4, -0.2) is 30.8 Å². The number of rotatable bonds is 8. The molecule has 0 fully saturated rings. The van der Waals surface area contributed by atoms with E-state index in [2.05, 4.69) is 48.7 Å². The molecule has 2 N–H and O–H groups in total. The van der Waals surface area contributed by atoms with Crippen molar-refractivity contribution < 1.29 is 9.53 Å². The number of fused-ring (bicyclic) bond motifs is 3. The molecular formula is C22H26N2O2S. The summed E-state index contributed by atoms with van der Waals surface area (Å²) < 4.78 is 5.62. The molecule has 0 aliphatic heterocycles. The molecule has 27 heavy (non-hydrogen) atoms. The zero-order chi connectivity index (χ0) is 19.2. The van der Waals surface area contributed by atoms with Crippen LogP contribution < -0.4 is 10.6 Å². The van der Waals surface area contributed by atoms with Crippen LogP contribution in [0.5, 0.6) is 0 Å². The van der Waals surface area contributed by atoms with Gasteiger partial charge in [0.1, 0.15) is 6.61 Å². The molecular weight excluding hydrogens is 356 g/mol. The standard InChI is InChI=1S/C22H26N2O2S/c1-15(2)11-16(12-23-14-27)24-22(25)26-13-21-19-9-5-3-7-17(19)18-8-4-6-10-20(18)21/h3-10,14-16,21H,11-13H2,1-2H3,(H,23,27)(H,24,25)/t16-/m0/s1. The molecule has 4 nitrogen and oxygen atoms in total. The number of hydrogen-bond donors (Lipinski definition) is 2. The molecule has 1 aliphatic carbocycles. The lowest BCUT2D eigenvalue weighted by Crippen LogP contribution is -2.43. The highest BCUT2D eigenvalue weighted by Gasteiger charge is 2.29. The first kappa shape index (κ1) is 19.4. The number of nitrogens with one attached hydrogen (secondary N) is 2. The minimum absolute atomic E-state index is 0.0140. The van der Waals surface area contributed by atoms with Crippen LogP contribution in [0.1, 0.15) is 37.3 Å². The van der Waals surface area contributed by atoms with Gasteiger partial charge in [-0.3, -0.25) is 0 Å². The molecule has 2 aromatic carbocycles. The minimum atomic E-state index is -0.381. The van der Waals surface area contributed by atoms with E-state index < -0.39 is 0 Å². The molecule has 0 saturated carbocycles. The fourth-order valence-electron chi connectivity index (χ4n) is 3.76. The van der Waals surface area contributed by atoms with Gasteiger partial charge < -0.3 is 15.4 Å². The fraction of sp³-hybridized carbons (Fsp3) is 0.364. The highest BCUT2D eigenvalue weighted by atomic mass is 32.1. The van der Waals surface area contributed by atoms with E-state index in [9.17, 15) is 4.79 Å². The summed E-state index contributed by atoms with van der Waals surface area (Å²) in [5, 5.41) is 5.97. The van der Waals surface area contributed by atoms with E-state index in [4.69, 9.17) is 17.0 Å². The van der Waals surface area contributed by atoms with Gasteiger partial charge in [0.05, 0.1) is 5.49 Å². The molecule has 0 saturated heterocycles. The van der Waals surface area contributed by atoms with Crippen molar-refractivity contribution in [3.8, 4) is 11.1 Å². The van der Waals surface area contributed by atoms with Crippen LogP contribution >= 0.6 is 12.2 Å². The predicted molar refractivity (Wildman–Crippen MR) is 113 cm³/mol. The monoisotopic (exact) mass is 382 g/mol. The summed E-state index contributed by atoms with van der Waals surface area (Å²) in [5.74, 6) is 0.543.